The van der Waals surface area contributed by atoms with Crippen LogP contribution in [0.2, 0.25) is 0 Å². The van der Waals surface area contributed by atoms with Crippen LogP contribution in [0.1, 0.15) is 25.0 Å². The van der Waals surface area contributed by atoms with Crippen LogP contribution in [0.25, 0.3) is 77.2 Å². The maximum Gasteiger partial charge on any atom is 0.0159 e. The van der Waals surface area contributed by atoms with Gasteiger partial charge < -0.3 is 0 Å². The van der Waals surface area contributed by atoms with Crippen LogP contribution >= 0.6 is 0 Å². The van der Waals surface area contributed by atoms with E-state index in [9.17, 15) is 0 Å². The molecule has 1 aliphatic carbocycles. The zero-order chi connectivity index (χ0) is 31.5. The van der Waals surface area contributed by atoms with Crippen molar-refractivity contribution in [3.8, 4) is 55.6 Å². The molecule has 222 valence electrons. The molecule has 9 rings (SSSR count). The molecule has 0 spiro atoms. The molecule has 0 saturated heterocycles. The van der Waals surface area contributed by atoms with Gasteiger partial charge in [0.15, 0.2) is 0 Å². The summed E-state index contributed by atoms with van der Waals surface area (Å²) in [5.41, 5.74) is 15.5. The molecule has 0 fully saturated rings. The summed E-state index contributed by atoms with van der Waals surface area (Å²) >= 11 is 0. The molecular weight excluding hydrogens is 565 g/mol. The van der Waals surface area contributed by atoms with Gasteiger partial charge in [0.05, 0.1) is 0 Å². The molecule has 0 aliphatic heterocycles. The summed E-state index contributed by atoms with van der Waals surface area (Å²) in [5, 5.41) is 5.12. The van der Waals surface area contributed by atoms with Gasteiger partial charge in [0.25, 0.3) is 0 Å². The topological polar surface area (TPSA) is 0 Å². The molecule has 0 saturated carbocycles. The first-order valence-electron chi connectivity index (χ1n) is 16.5. The summed E-state index contributed by atoms with van der Waals surface area (Å²) in [7, 11) is 0. The molecular formula is C47H34. The van der Waals surface area contributed by atoms with Crippen LogP contribution in [0, 0.1) is 0 Å². The van der Waals surface area contributed by atoms with E-state index in [0.717, 1.165) is 0 Å². The Balaban J connectivity index is 1.14. The normalized spacial score (nSPS) is 13.1. The monoisotopic (exact) mass is 598 g/mol. The van der Waals surface area contributed by atoms with Gasteiger partial charge in [-0.1, -0.05) is 147 Å². The van der Waals surface area contributed by atoms with Gasteiger partial charge in [0.1, 0.15) is 0 Å². The second kappa shape index (κ2) is 10.7. The fourth-order valence-electron chi connectivity index (χ4n) is 7.77. The Morgan fingerprint density at radius 2 is 0.723 bits per heavy atom. The Morgan fingerprint density at radius 1 is 0.277 bits per heavy atom. The molecule has 0 unspecified atom stereocenters. The zero-order valence-corrected chi connectivity index (χ0v) is 26.7. The van der Waals surface area contributed by atoms with E-state index < -0.39 is 0 Å². The average molecular weight is 599 g/mol. The van der Waals surface area contributed by atoms with Crippen molar-refractivity contribution in [2.24, 2.45) is 0 Å². The van der Waals surface area contributed by atoms with Gasteiger partial charge in [0, 0.05) is 5.41 Å². The summed E-state index contributed by atoms with van der Waals surface area (Å²) in [5.74, 6) is 0. The van der Waals surface area contributed by atoms with E-state index in [-0.39, 0.29) is 5.41 Å². The molecule has 1 aliphatic rings. The van der Waals surface area contributed by atoms with Crippen molar-refractivity contribution < 1.29 is 0 Å². The third-order valence-corrected chi connectivity index (χ3v) is 10.2. The smallest absolute Gasteiger partial charge is 0.0159 e. The highest BCUT2D eigenvalue weighted by atomic mass is 14.4. The highest BCUT2D eigenvalue weighted by Crippen LogP contribution is 2.51. The van der Waals surface area contributed by atoms with Gasteiger partial charge >= 0.3 is 0 Å². The molecule has 47 heavy (non-hydrogen) atoms. The molecule has 0 nitrogen and oxygen atoms in total. The van der Waals surface area contributed by atoms with Gasteiger partial charge in [-0.25, -0.2) is 0 Å². The number of hydrogen-bond acceptors (Lipinski definition) is 0. The van der Waals surface area contributed by atoms with Crippen LogP contribution in [-0.2, 0) is 5.41 Å². The van der Waals surface area contributed by atoms with Crippen molar-refractivity contribution in [3.05, 3.63) is 181 Å². The van der Waals surface area contributed by atoms with Crippen LogP contribution in [-0.4, -0.2) is 0 Å². The second-order valence-electron chi connectivity index (χ2n) is 13.4. The molecule has 0 amide bonds. The predicted molar refractivity (Wildman–Crippen MR) is 201 cm³/mol. The summed E-state index contributed by atoms with van der Waals surface area (Å²) in [6, 6.07) is 62.6. The second-order valence-corrected chi connectivity index (χ2v) is 13.4. The number of hydrogen-bond donors (Lipinski definition) is 0. The van der Waals surface area contributed by atoms with Crippen molar-refractivity contribution in [1.29, 1.82) is 0 Å². The summed E-state index contributed by atoms with van der Waals surface area (Å²) in [4.78, 5) is 0. The average Bonchev–Trinajstić information content (AvgIpc) is 3.34. The Kier molecular flexibility index (Phi) is 6.27. The predicted octanol–water partition coefficient (Wildman–Crippen LogP) is 13.0. The fourth-order valence-corrected chi connectivity index (χ4v) is 7.77. The molecule has 8 aromatic carbocycles. The lowest BCUT2D eigenvalue weighted by Crippen LogP contribution is -2.15. The minimum atomic E-state index is -0.109. The third kappa shape index (κ3) is 4.52. The maximum absolute atomic E-state index is 2.45. The highest BCUT2D eigenvalue weighted by Gasteiger charge is 2.36. The van der Waals surface area contributed by atoms with Gasteiger partial charge in [-0.2, -0.15) is 0 Å². The van der Waals surface area contributed by atoms with E-state index in [4.69, 9.17) is 0 Å². The lowest BCUT2D eigenvalue weighted by molar-refractivity contribution is 0.661. The molecule has 0 N–H and O–H groups in total. The Hall–Kier alpha value is -5.72. The summed E-state index contributed by atoms with van der Waals surface area (Å²) in [6.45, 7) is 4.77. The van der Waals surface area contributed by atoms with E-state index in [1.54, 1.807) is 0 Å². The first-order valence-corrected chi connectivity index (χ1v) is 16.5. The van der Waals surface area contributed by atoms with E-state index in [0.29, 0.717) is 0 Å². The van der Waals surface area contributed by atoms with Crippen molar-refractivity contribution in [3.63, 3.8) is 0 Å². The SMILES string of the molecule is CC1(C)c2cc(-c3ccccc3-c3ccccc3)ccc2-c2cc3cc4ccc(-c5ccccc5-c5ccccc5)cc4cc3cc21. The lowest BCUT2D eigenvalue weighted by atomic mass is 9.80. The van der Waals surface area contributed by atoms with Gasteiger partial charge in [-0.3, -0.25) is 0 Å². The van der Waals surface area contributed by atoms with Crippen LogP contribution in [0.3, 0.4) is 0 Å². The number of fused-ring (bicyclic) bond motifs is 5. The summed E-state index contributed by atoms with van der Waals surface area (Å²) in [6.07, 6.45) is 0. The summed E-state index contributed by atoms with van der Waals surface area (Å²) < 4.78 is 0. The van der Waals surface area contributed by atoms with Crippen LogP contribution in [0.5, 0.6) is 0 Å². The molecule has 0 atom stereocenters. The standard InChI is InChI=1S/C47H34/c1-47(2)45-29-35(42-20-12-10-18-40(42)32-15-7-4-8-16-32)23-24-43(45)44-28-37-25-33-21-22-34(26-36(33)27-38(37)30-46(44)47)41-19-11-9-17-39(41)31-13-5-3-6-14-31/h3-30H,1-2H3. The number of benzene rings is 8. The largest absolute Gasteiger partial charge is 0.0622 e. The third-order valence-electron chi connectivity index (χ3n) is 10.2. The lowest BCUT2D eigenvalue weighted by Gasteiger charge is -2.23. The van der Waals surface area contributed by atoms with Crippen molar-refractivity contribution in [1.82, 2.24) is 0 Å². The van der Waals surface area contributed by atoms with Crippen molar-refractivity contribution in [2.75, 3.05) is 0 Å². The van der Waals surface area contributed by atoms with E-state index >= 15 is 0 Å². The van der Waals surface area contributed by atoms with Crippen LogP contribution in [0.15, 0.2) is 170 Å². The van der Waals surface area contributed by atoms with Crippen molar-refractivity contribution >= 4 is 21.5 Å². The quantitative estimate of drug-likeness (QED) is 0.177. The Labute approximate surface area is 276 Å². The van der Waals surface area contributed by atoms with Gasteiger partial charge in [-0.05, 0) is 125 Å². The maximum atomic E-state index is 2.45. The highest BCUT2D eigenvalue weighted by molar-refractivity contribution is 6.03. The molecule has 0 heteroatoms. The van der Waals surface area contributed by atoms with Gasteiger partial charge in [-0.15, -0.1) is 0 Å². The van der Waals surface area contributed by atoms with E-state index in [2.05, 4.69) is 184 Å². The first-order chi connectivity index (χ1) is 23.0. The first kappa shape index (κ1) is 27.6. The minimum absolute atomic E-state index is 0.109. The van der Waals surface area contributed by atoms with Crippen molar-refractivity contribution in [2.45, 2.75) is 19.3 Å². The Morgan fingerprint density at radius 3 is 1.34 bits per heavy atom. The number of rotatable bonds is 4. The minimum Gasteiger partial charge on any atom is -0.0622 e. The fraction of sp³-hybridized carbons (Fsp3) is 0.0638. The Bertz CT molecular complexity index is 2460. The zero-order valence-electron chi connectivity index (χ0n) is 26.7. The molecule has 8 aromatic rings. The molecule has 0 radical (unpaired) electrons. The van der Waals surface area contributed by atoms with Gasteiger partial charge in [0.2, 0.25) is 0 Å². The molecule has 0 aromatic heterocycles. The molecule has 0 bridgehead atoms. The van der Waals surface area contributed by atoms with Crippen LogP contribution < -0.4 is 0 Å². The van der Waals surface area contributed by atoms with E-state index in [1.807, 2.05) is 0 Å². The van der Waals surface area contributed by atoms with Crippen LogP contribution in [0.4, 0.5) is 0 Å². The van der Waals surface area contributed by atoms with E-state index in [1.165, 1.54) is 88.3 Å². The molecule has 0 heterocycles.